The van der Waals surface area contributed by atoms with E-state index < -0.39 is 17.6 Å². The van der Waals surface area contributed by atoms with Crippen LogP contribution in [0.25, 0.3) is 10.9 Å². The second-order valence-corrected chi connectivity index (χ2v) is 9.93. The van der Waals surface area contributed by atoms with Gasteiger partial charge in [0.1, 0.15) is 11.6 Å². The van der Waals surface area contributed by atoms with Gasteiger partial charge in [-0.3, -0.25) is 14.5 Å². The van der Waals surface area contributed by atoms with Crippen LogP contribution in [0, 0.1) is 0 Å². The van der Waals surface area contributed by atoms with Crippen LogP contribution in [0.2, 0.25) is 0 Å². The summed E-state index contributed by atoms with van der Waals surface area (Å²) in [6.07, 6.45) is 7.64. The van der Waals surface area contributed by atoms with Gasteiger partial charge >= 0.3 is 5.97 Å². The molecule has 5 rings (SSSR count). The first-order valence-electron chi connectivity index (χ1n) is 12.5. The SMILES string of the molecule is CC(C)(O)c1cncc(C(CC(=O)O)n2ncc3cc(OCCc4ccc5c(n4)NCCC5)ccc32)c1. The Bertz CT molecular complexity index is 1430. The normalized spacial score (nSPS) is 14.1. The molecule has 9 heteroatoms. The molecule has 0 amide bonds. The van der Waals surface area contributed by atoms with Crippen LogP contribution in [0.4, 0.5) is 5.82 Å². The maximum absolute atomic E-state index is 11.7. The quantitative estimate of drug-likeness (QED) is 0.313. The number of benzene rings is 1. The highest BCUT2D eigenvalue weighted by Crippen LogP contribution is 2.30. The Morgan fingerprint density at radius 3 is 2.86 bits per heavy atom. The van der Waals surface area contributed by atoms with Crippen LogP contribution in [-0.2, 0) is 23.2 Å². The molecule has 1 aliphatic heterocycles. The average Bonchev–Trinajstić information content (AvgIpc) is 3.30. The van der Waals surface area contributed by atoms with Crippen molar-refractivity contribution in [2.75, 3.05) is 18.5 Å². The van der Waals surface area contributed by atoms with E-state index in [1.165, 1.54) is 5.56 Å². The van der Waals surface area contributed by atoms with Crippen molar-refractivity contribution in [1.29, 1.82) is 0 Å². The Balaban J connectivity index is 1.33. The Labute approximate surface area is 215 Å². The van der Waals surface area contributed by atoms with Crippen LogP contribution in [0.1, 0.15) is 55.1 Å². The van der Waals surface area contributed by atoms with Crippen LogP contribution in [-0.4, -0.2) is 49.1 Å². The molecule has 0 bridgehead atoms. The molecule has 1 aliphatic rings. The third-order valence-electron chi connectivity index (χ3n) is 6.66. The van der Waals surface area contributed by atoms with Gasteiger partial charge in [-0.05, 0) is 68.1 Å². The minimum atomic E-state index is -1.10. The number of carboxylic acids is 1. The van der Waals surface area contributed by atoms with Gasteiger partial charge < -0.3 is 20.3 Å². The monoisotopic (exact) mass is 501 g/mol. The zero-order chi connectivity index (χ0) is 26.0. The van der Waals surface area contributed by atoms with Crippen molar-refractivity contribution >= 4 is 22.7 Å². The van der Waals surface area contributed by atoms with Crippen molar-refractivity contribution in [2.24, 2.45) is 0 Å². The molecule has 37 heavy (non-hydrogen) atoms. The fraction of sp³-hybridized carbons (Fsp3) is 0.357. The molecule has 0 fully saturated rings. The second kappa shape index (κ2) is 10.2. The number of nitrogens with one attached hydrogen (secondary N) is 1. The zero-order valence-electron chi connectivity index (χ0n) is 21.0. The number of rotatable bonds is 9. The van der Waals surface area contributed by atoms with Crippen LogP contribution in [0.5, 0.6) is 5.75 Å². The number of hydrogen-bond acceptors (Lipinski definition) is 7. The van der Waals surface area contributed by atoms with Gasteiger partial charge in [0, 0.05) is 42.0 Å². The second-order valence-electron chi connectivity index (χ2n) is 9.93. The number of aryl methyl sites for hydroxylation is 1. The van der Waals surface area contributed by atoms with Gasteiger partial charge in [0.15, 0.2) is 0 Å². The predicted octanol–water partition coefficient (Wildman–Crippen LogP) is 4.10. The number of anilines is 1. The number of hydrogen-bond donors (Lipinski definition) is 3. The predicted molar refractivity (Wildman–Crippen MR) is 140 cm³/mol. The molecule has 9 nitrogen and oxygen atoms in total. The highest BCUT2D eigenvalue weighted by molar-refractivity contribution is 5.81. The lowest BCUT2D eigenvalue weighted by molar-refractivity contribution is -0.137. The summed E-state index contributed by atoms with van der Waals surface area (Å²) in [5.41, 5.74) is 3.22. The van der Waals surface area contributed by atoms with Crippen molar-refractivity contribution in [3.63, 3.8) is 0 Å². The fourth-order valence-corrected chi connectivity index (χ4v) is 4.64. The molecule has 0 saturated carbocycles. The molecule has 0 saturated heterocycles. The Morgan fingerprint density at radius 1 is 1.19 bits per heavy atom. The summed E-state index contributed by atoms with van der Waals surface area (Å²) < 4.78 is 7.70. The molecule has 3 aromatic heterocycles. The van der Waals surface area contributed by atoms with Crippen molar-refractivity contribution in [3.05, 3.63) is 77.4 Å². The number of ether oxygens (including phenoxy) is 1. The molecule has 0 spiro atoms. The summed E-state index contributed by atoms with van der Waals surface area (Å²) in [6.45, 7) is 4.79. The van der Waals surface area contributed by atoms with Crippen molar-refractivity contribution in [2.45, 2.75) is 51.2 Å². The summed E-state index contributed by atoms with van der Waals surface area (Å²) in [4.78, 5) is 20.7. The van der Waals surface area contributed by atoms with E-state index in [1.54, 1.807) is 43.2 Å². The molecule has 4 heterocycles. The van der Waals surface area contributed by atoms with E-state index in [1.807, 2.05) is 18.2 Å². The van der Waals surface area contributed by atoms with E-state index in [9.17, 15) is 15.0 Å². The van der Waals surface area contributed by atoms with E-state index in [4.69, 9.17) is 9.72 Å². The van der Waals surface area contributed by atoms with Crippen molar-refractivity contribution < 1.29 is 19.7 Å². The summed E-state index contributed by atoms with van der Waals surface area (Å²) in [5, 5.41) is 28.7. The summed E-state index contributed by atoms with van der Waals surface area (Å²) >= 11 is 0. The van der Waals surface area contributed by atoms with E-state index in [2.05, 4.69) is 27.5 Å². The first-order chi connectivity index (χ1) is 17.8. The molecule has 3 N–H and O–H groups in total. The maximum atomic E-state index is 11.7. The van der Waals surface area contributed by atoms with Gasteiger partial charge in [-0.2, -0.15) is 5.10 Å². The molecule has 1 unspecified atom stereocenters. The van der Waals surface area contributed by atoms with E-state index >= 15 is 0 Å². The maximum Gasteiger partial charge on any atom is 0.305 e. The summed E-state index contributed by atoms with van der Waals surface area (Å²) in [6, 6.07) is 11.1. The van der Waals surface area contributed by atoms with Crippen LogP contribution < -0.4 is 10.1 Å². The van der Waals surface area contributed by atoms with Crippen LogP contribution in [0.3, 0.4) is 0 Å². The molecular formula is C28H31N5O4. The summed E-state index contributed by atoms with van der Waals surface area (Å²) in [5.74, 6) is 0.744. The number of carboxylic acid groups (broad SMARTS) is 1. The number of fused-ring (bicyclic) bond motifs is 2. The Morgan fingerprint density at radius 2 is 2.05 bits per heavy atom. The number of aliphatic carboxylic acids is 1. The number of carbonyl (C=O) groups is 1. The van der Waals surface area contributed by atoms with E-state index in [0.717, 1.165) is 41.8 Å². The van der Waals surface area contributed by atoms with Gasteiger partial charge in [0.05, 0.1) is 36.4 Å². The topological polar surface area (TPSA) is 122 Å². The third kappa shape index (κ3) is 5.56. The number of aliphatic hydroxyl groups is 1. The molecule has 1 atom stereocenters. The number of aromatic nitrogens is 4. The molecule has 1 aromatic carbocycles. The van der Waals surface area contributed by atoms with E-state index in [0.29, 0.717) is 29.9 Å². The largest absolute Gasteiger partial charge is 0.493 e. The smallest absolute Gasteiger partial charge is 0.305 e. The third-order valence-corrected chi connectivity index (χ3v) is 6.66. The minimum Gasteiger partial charge on any atom is -0.493 e. The van der Waals surface area contributed by atoms with E-state index in [-0.39, 0.29) is 6.42 Å². The lowest BCUT2D eigenvalue weighted by Crippen LogP contribution is -2.20. The van der Waals surface area contributed by atoms with Crippen molar-refractivity contribution in [3.8, 4) is 5.75 Å². The van der Waals surface area contributed by atoms with Gasteiger partial charge in [0.25, 0.3) is 0 Å². The molecule has 4 aromatic rings. The standard InChI is InChI=1S/C28H31N5O4/c1-28(2,36)21-12-19(15-29-17-21)25(14-26(34)35)33-24-8-7-23(13-20(24)16-31-33)37-11-9-22-6-5-18-4-3-10-30-27(18)32-22/h5-8,12-13,15-17,25,36H,3-4,9-11,14H2,1-2H3,(H,30,32)(H,34,35). The van der Waals surface area contributed by atoms with Crippen molar-refractivity contribution in [1.82, 2.24) is 19.7 Å². The first-order valence-corrected chi connectivity index (χ1v) is 12.5. The van der Waals surface area contributed by atoms with Gasteiger partial charge in [-0.25, -0.2) is 4.98 Å². The van der Waals surface area contributed by atoms with Crippen LogP contribution >= 0.6 is 0 Å². The summed E-state index contributed by atoms with van der Waals surface area (Å²) in [7, 11) is 0. The first kappa shape index (κ1) is 24.7. The lowest BCUT2D eigenvalue weighted by atomic mass is 9.96. The Kier molecular flexibility index (Phi) is 6.80. The van der Waals surface area contributed by atoms with Gasteiger partial charge in [0.2, 0.25) is 0 Å². The Hall–Kier alpha value is -3.98. The average molecular weight is 502 g/mol. The fourth-order valence-electron chi connectivity index (χ4n) is 4.64. The lowest BCUT2D eigenvalue weighted by Gasteiger charge is -2.21. The highest BCUT2D eigenvalue weighted by Gasteiger charge is 2.24. The van der Waals surface area contributed by atoms with Gasteiger partial charge in [-0.1, -0.05) is 6.07 Å². The highest BCUT2D eigenvalue weighted by atomic mass is 16.5. The van der Waals surface area contributed by atoms with Gasteiger partial charge in [-0.15, -0.1) is 0 Å². The molecular weight excluding hydrogens is 470 g/mol. The molecule has 0 radical (unpaired) electrons. The molecule has 0 aliphatic carbocycles. The zero-order valence-corrected chi connectivity index (χ0v) is 21.0. The molecule has 192 valence electrons. The number of pyridine rings is 2. The number of nitrogens with zero attached hydrogens (tertiary/aromatic N) is 4. The van der Waals surface area contributed by atoms with Crippen LogP contribution in [0.15, 0.2) is 55.0 Å². The minimum absolute atomic E-state index is 0.172.